The molecule has 0 radical (unpaired) electrons. The van der Waals surface area contributed by atoms with Crippen LogP contribution in [0.25, 0.3) is 0 Å². The van der Waals surface area contributed by atoms with Gasteiger partial charge in [0.05, 0.1) is 10.6 Å². The van der Waals surface area contributed by atoms with E-state index in [4.69, 9.17) is 0 Å². The van der Waals surface area contributed by atoms with Gasteiger partial charge in [0.25, 0.3) is 0 Å². The molecule has 0 bridgehead atoms. The maximum absolute atomic E-state index is 10.9. The lowest BCUT2D eigenvalue weighted by atomic mass is 10.3. The molecule has 0 saturated carbocycles. The lowest BCUT2D eigenvalue weighted by Gasteiger charge is -2.30. The van der Waals surface area contributed by atoms with Crippen LogP contribution in [-0.4, -0.2) is 35.4 Å². The monoisotopic (exact) mass is 256 g/mol. The van der Waals surface area contributed by atoms with Gasteiger partial charge < -0.3 is 4.90 Å². The van der Waals surface area contributed by atoms with E-state index < -0.39 is 0 Å². The van der Waals surface area contributed by atoms with Crippen LogP contribution in [0, 0.1) is 0 Å². The summed E-state index contributed by atoms with van der Waals surface area (Å²) < 4.78 is 0. The lowest BCUT2D eigenvalue weighted by Crippen LogP contribution is -2.36. The highest BCUT2D eigenvalue weighted by atomic mass is 32.2. The summed E-state index contributed by atoms with van der Waals surface area (Å²) in [7, 11) is 0. The Morgan fingerprint density at radius 3 is 3.00 bits per heavy atom. The highest BCUT2D eigenvalue weighted by molar-refractivity contribution is 8.00. The third-order valence-corrected chi connectivity index (χ3v) is 4.89. The minimum Gasteiger partial charge on any atom is -0.346 e. The van der Waals surface area contributed by atoms with Crippen molar-refractivity contribution in [2.75, 3.05) is 23.7 Å². The molecular weight excluding hydrogens is 240 g/mol. The molecule has 0 aliphatic carbocycles. The largest absolute Gasteiger partial charge is 0.346 e. The zero-order valence-corrected chi connectivity index (χ0v) is 11.2. The number of anilines is 1. The van der Waals surface area contributed by atoms with E-state index in [-0.39, 0.29) is 0 Å². The molecular formula is C11H16N2OS2. The predicted molar refractivity (Wildman–Crippen MR) is 71.0 cm³/mol. The van der Waals surface area contributed by atoms with Gasteiger partial charge in [0.1, 0.15) is 0 Å². The molecule has 16 heavy (non-hydrogen) atoms. The molecule has 88 valence electrons. The average molecular weight is 256 g/mol. The van der Waals surface area contributed by atoms with Crippen molar-refractivity contribution in [2.45, 2.75) is 25.5 Å². The zero-order valence-electron chi connectivity index (χ0n) is 9.60. The molecule has 1 unspecified atom stereocenters. The van der Waals surface area contributed by atoms with Gasteiger partial charge in [-0.2, -0.15) is 11.8 Å². The fourth-order valence-electron chi connectivity index (χ4n) is 1.82. The van der Waals surface area contributed by atoms with Crippen molar-refractivity contribution in [1.82, 2.24) is 4.98 Å². The second-order valence-electron chi connectivity index (χ2n) is 3.91. The van der Waals surface area contributed by atoms with Crippen LogP contribution in [0.1, 0.15) is 29.2 Å². The summed E-state index contributed by atoms with van der Waals surface area (Å²) in [5.41, 5.74) is 0.945. The fourth-order valence-corrected chi connectivity index (χ4v) is 3.84. The van der Waals surface area contributed by atoms with Crippen LogP contribution in [0.15, 0.2) is 0 Å². The van der Waals surface area contributed by atoms with Crippen molar-refractivity contribution in [3.05, 3.63) is 10.6 Å². The molecule has 1 atom stereocenters. The zero-order chi connectivity index (χ0) is 11.5. The molecule has 2 rings (SSSR count). The first-order valence-corrected chi connectivity index (χ1v) is 7.42. The van der Waals surface area contributed by atoms with Gasteiger partial charge in [0.15, 0.2) is 11.4 Å². The van der Waals surface area contributed by atoms with Gasteiger partial charge in [-0.05, 0) is 6.42 Å². The van der Waals surface area contributed by atoms with Crippen LogP contribution >= 0.6 is 23.1 Å². The van der Waals surface area contributed by atoms with E-state index in [1.54, 1.807) is 0 Å². The van der Waals surface area contributed by atoms with E-state index in [1.807, 2.05) is 18.7 Å². The first-order valence-electron chi connectivity index (χ1n) is 5.56. The summed E-state index contributed by atoms with van der Waals surface area (Å²) in [5.74, 6) is 1.15. The second-order valence-corrected chi connectivity index (χ2v) is 6.46. The smallest absolute Gasteiger partial charge is 0.186 e. The van der Waals surface area contributed by atoms with Crippen molar-refractivity contribution in [3.63, 3.8) is 0 Å². The van der Waals surface area contributed by atoms with Gasteiger partial charge in [0, 0.05) is 24.1 Å². The van der Waals surface area contributed by atoms with E-state index in [0.29, 0.717) is 5.25 Å². The summed E-state index contributed by atoms with van der Waals surface area (Å²) in [6.07, 6.45) is 1.77. The van der Waals surface area contributed by atoms with Crippen LogP contribution in [0.2, 0.25) is 0 Å². The number of aromatic nitrogens is 1. The normalized spacial score (nSPS) is 21.1. The molecule has 1 saturated heterocycles. The van der Waals surface area contributed by atoms with Crippen molar-refractivity contribution >= 4 is 34.5 Å². The number of aryl methyl sites for hydroxylation is 1. The van der Waals surface area contributed by atoms with E-state index in [1.165, 1.54) is 11.3 Å². The summed E-state index contributed by atoms with van der Waals surface area (Å²) in [4.78, 5) is 18.6. The number of rotatable bonds is 3. The van der Waals surface area contributed by atoms with Gasteiger partial charge in [-0.25, -0.2) is 4.98 Å². The molecule has 5 heteroatoms. The summed E-state index contributed by atoms with van der Waals surface area (Å²) >= 11 is 3.53. The number of nitrogens with zero attached hydrogens (tertiary/aromatic N) is 2. The molecule has 1 aromatic heterocycles. The maximum Gasteiger partial charge on any atom is 0.186 e. The lowest BCUT2D eigenvalue weighted by molar-refractivity contribution is 0.112. The molecule has 2 heterocycles. The first kappa shape index (κ1) is 11.9. The van der Waals surface area contributed by atoms with Crippen LogP contribution in [0.3, 0.4) is 0 Å². The fraction of sp³-hybridized carbons (Fsp3) is 0.636. The number of carbonyl (C=O) groups excluding carboxylic acids is 1. The quantitative estimate of drug-likeness (QED) is 0.778. The number of hydrogen-bond donors (Lipinski definition) is 0. The summed E-state index contributed by atoms with van der Waals surface area (Å²) in [6.45, 7) is 6.37. The van der Waals surface area contributed by atoms with Crippen LogP contribution < -0.4 is 4.90 Å². The Morgan fingerprint density at radius 1 is 1.62 bits per heavy atom. The number of aldehydes is 1. The van der Waals surface area contributed by atoms with Gasteiger partial charge in [-0.15, -0.1) is 0 Å². The van der Waals surface area contributed by atoms with E-state index in [0.717, 1.165) is 47.3 Å². The number of carbonyl (C=O) groups is 1. The number of hydrogen-bond acceptors (Lipinski definition) is 5. The molecule has 0 amide bonds. The topological polar surface area (TPSA) is 33.2 Å². The molecule has 0 N–H and O–H groups in total. The molecule has 1 fully saturated rings. The molecule has 1 aromatic rings. The first-order chi connectivity index (χ1) is 7.74. The molecule has 1 aliphatic heterocycles. The van der Waals surface area contributed by atoms with Crippen LogP contribution in [-0.2, 0) is 6.42 Å². The Bertz CT molecular complexity index is 378. The second kappa shape index (κ2) is 5.19. The number of thiazole rings is 1. The van der Waals surface area contributed by atoms with Gasteiger partial charge in [-0.3, -0.25) is 4.79 Å². The third-order valence-electron chi connectivity index (χ3n) is 2.67. The predicted octanol–water partition coefficient (Wildman–Crippen LogP) is 2.46. The Morgan fingerprint density at radius 2 is 2.44 bits per heavy atom. The maximum atomic E-state index is 10.9. The standard InChI is InChI=1S/C11H16N2OS2/c1-3-9-10(7-14)16-11(12-9)13-4-5-15-8(2)6-13/h7-8H,3-6H2,1-2H3. The summed E-state index contributed by atoms with van der Waals surface area (Å²) in [5, 5.41) is 1.67. The average Bonchev–Trinajstić information content (AvgIpc) is 2.72. The Balaban J connectivity index is 2.19. The molecule has 3 nitrogen and oxygen atoms in total. The third kappa shape index (κ3) is 2.40. The van der Waals surface area contributed by atoms with Gasteiger partial charge in [-0.1, -0.05) is 25.2 Å². The molecule has 1 aliphatic rings. The van der Waals surface area contributed by atoms with Crippen LogP contribution in [0.4, 0.5) is 5.13 Å². The van der Waals surface area contributed by atoms with Crippen LogP contribution in [0.5, 0.6) is 0 Å². The van der Waals surface area contributed by atoms with Crippen molar-refractivity contribution in [1.29, 1.82) is 0 Å². The van der Waals surface area contributed by atoms with Gasteiger partial charge >= 0.3 is 0 Å². The Hall–Kier alpha value is -0.550. The highest BCUT2D eigenvalue weighted by Gasteiger charge is 2.20. The van der Waals surface area contributed by atoms with Crippen molar-refractivity contribution in [2.24, 2.45) is 0 Å². The molecule has 0 spiro atoms. The number of thioether (sulfide) groups is 1. The Kier molecular flexibility index (Phi) is 3.86. The highest BCUT2D eigenvalue weighted by Crippen LogP contribution is 2.29. The van der Waals surface area contributed by atoms with E-state index >= 15 is 0 Å². The van der Waals surface area contributed by atoms with E-state index in [9.17, 15) is 4.79 Å². The van der Waals surface area contributed by atoms with Gasteiger partial charge in [0.2, 0.25) is 0 Å². The SMILES string of the molecule is CCc1nc(N2CCSC(C)C2)sc1C=O. The molecule has 0 aromatic carbocycles. The van der Waals surface area contributed by atoms with E-state index in [2.05, 4.69) is 16.8 Å². The minimum atomic E-state index is 0.655. The summed E-state index contributed by atoms with van der Waals surface area (Å²) in [6, 6.07) is 0. The van der Waals surface area contributed by atoms with Crippen molar-refractivity contribution in [3.8, 4) is 0 Å². The Labute approximate surface area is 104 Å². The minimum absolute atomic E-state index is 0.655. The van der Waals surface area contributed by atoms with Crippen molar-refractivity contribution < 1.29 is 4.79 Å².